The highest BCUT2D eigenvalue weighted by molar-refractivity contribution is 8.01. The van der Waals surface area contributed by atoms with Crippen molar-refractivity contribution in [2.45, 2.75) is 37.3 Å². The normalized spacial score (nSPS) is 25.1. The molecule has 6 nitrogen and oxygen atoms in total. The summed E-state index contributed by atoms with van der Waals surface area (Å²) in [7, 11) is 1.38. The molecule has 0 radical (unpaired) electrons. The van der Waals surface area contributed by atoms with Crippen LogP contribution in [0.15, 0.2) is 0 Å². The van der Waals surface area contributed by atoms with E-state index in [4.69, 9.17) is 9.47 Å². The first-order chi connectivity index (χ1) is 8.75. The average molecular weight is 288 g/mol. The van der Waals surface area contributed by atoms with Crippen LogP contribution in [0.25, 0.3) is 0 Å². The second kappa shape index (κ2) is 4.86. The molecule has 2 saturated heterocycles. The molecule has 0 aromatic rings. The third-order valence-electron chi connectivity index (χ3n) is 2.99. The number of rotatable bonds is 1. The van der Waals surface area contributed by atoms with Crippen LogP contribution in [0.1, 0.15) is 20.8 Å². The van der Waals surface area contributed by atoms with Crippen LogP contribution in [-0.2, 0) is 14.3 Å². The molecule has 2 aliphatic rings. The Bertz CT molecular complexity index is 388. The Morgan fingerprint density at radius 1 is 1.37 bits per heavy atom. The summed E-state index contributed by atoms with van der Waals surface area (Å²) in [5, 5.41) is 3.24. The molecule has 2 aliphatic heterocycles. The van der Waals surface area contributed by atoms with E-state index < -0.39 is 5.60 Å². The van der Waals surface area contributed by atoms with Crippen molar-refractivity contribution in [2.24, 2.45) is 0 Å². The van der Waals surface area contributed by atoms with Crippen LogP contribution in [0.4, 0.5) is 4.79 Å². The lowest BCUT2D eigenvalue weighted by Crippen LogP contribution is -2.68. The molecule has 1 N–H and O–H groups in total. The number of thioether (sulfide) groups is 1. The molecule has 0 aromatic heterocycles. The summed E-state index contributed by atoms with van der Waals surface area (Å²) in [4.78, 5) is 24.7. The molecule has 19 heavy (non-hydrogen) atoms. The fraction of sp³-hybridized carbons (Fsp3) is 0.833. The highest BCUT2D eigenvalue weighted by Crippen LogP contribution is 2.39. The van der Waals surface area contributed by atoms with Gasteiger partial charge in [0.1, 0.15) is 16.5 Å². The largest absolute Gasteiger partial charge is 0.468 e. The number of esters is 1. The molecule has 7 heteroatoms. The molecule has 0 aliphatic carbocycles. The molecule has 2 heterocycles. The van der Waals surface area contributed by atoms with Crippen LogP contribution in [-0.4, -0.2) is 59.4 Å². The zero-order valence-corrected chi connectivity index (χ0v) is 12.5. The zero-order chi connectivity index (χ0) is 14.3. The van der Waals surface area contributed by atoms with Gasteiger partial charge in [-0.1, -0.05) is 0 Å². The van der Waals surface area contributed by atoms with Gasteiger partial charge in [-0.05, 0) is 20.8 Å². The van der Waals surface area contributed by atoms with Crippen molar-refractivity contribution in [1.29, 1.82) is 0 Å². The third kappa shape index (κ3) is 3.14. The number of hydrogen-bond acceptors (Lipinski definition) is 6. The molecule has 0 unspecified atom stereocenters. The maximum Gasteiger partial charge on any atom is 0.410 e. The van der Waals surface area contributed by atoms with Crippen LogP contribution >= 0.6 is 11.8 Å². The second-order valence-corrected chi connectivity index (χ2v) is 7.27. The Hall–Kier alpha value is -0.950. The summed E-state index contributed by atoms with van der Waals surface area (Å²) < 4.78 is 10.0. The van der Waals surface area contributed by atoms with Crippen molar-refractivity contribution >= 4 is 23.8 Å². The lowest BCUT2D eigenvalue weighted by molar-refractivity contribution is -0.142. The first kappa shape index (κ1) is 14.5. The van der Waals surface area contributed by atoms with E-state index >= 15 is 0 Å². The Labute approximate surface area is 117 Å². The van der Waals surface area contributed by atoms with E-state index in [1.54, 1.807) is 16.7 Å². The smallest absolute Gasteiger partial charge is 0.410 e. The maximum atomic E-state index is 11.8. The lowest BCUT2D eigenvalue weighted by Gasteiger charge is -2.47. The molecule has 0 bridgehead atoms. The third-order valence-corrected chi connectivity index (χ3v) is 4.42. The first-order valence-corrected chi connectivity index (χ1v) is 7.21. The molecule has 1 spiro atoms. The quantitative estimate of drug-likeness (QED) is 0.720. The maximum absolute atomic E-state index is 11.8. The number of methoxy groups -OCH3 is 1. The van der Waals surface area contributed by atoms with Gasteiger partial charge < -0.3 is 14.4 Å². The predicted molar refractivity (Wildman–Crippen MR) is 71.9 cm³/mol. The topological polar surface area (TPSA) is 67.9 Å². The van der Waals surface area contributed by atoms with Crippen LogP contribution in [0.5, 0.6) is 0 Å². The molecule has 2 fully saturated rings. The lowest BCUT2D eigenvalue weighted by atomic mass is 10.1. The van der Waals surface area contributed by atoms with E-state index in [9.17, 15) is 9.59 Å². The van der Waals surface area contributed by atoms with Gasteiger partial charge in [0, 0.05) is 5.75 Å². The Balaban J connectivity index is 1.83. The molecule has 2 rings (SSSR count). The highest BCUT2D eigenvalue weighted by Gasteiger charge is 2.52. The minimum absolute atomic E-state index is 0.213. The number of likely N-dealkylation sites (tertiary alicyclic amines) is 1. The minimum Gasteiger partial charge on any atom is -0.468 e. The van der Waals surface area contributed by atoms with Crippen molar-refractivity contribution in [3.63, 3.8) is 0 Å². The summed E-state index contributed by atoms with van der Waals surface area (Å²) in [5.41, 5.74) is -0.482. The van der Waals surface area contributed by atoms with Crippen molar-refractivity contribution < 1.29 is 19.1 Å². The highest BCUT2D eigenvalue weighted by atomic mass is 32.2. The molecule has 1 atom stereocenters. The summed E-state index contributed by atoms with van der Waals surface area (Å²) in [5.74, 6) is 0.426. The zero-order valence-electron chi connectivity index (χ0n) is 11.7. The second-order valence-electron chi connectivity index (χ2n) is 5.86. The molecule has 0 saturated carbocycles. The van der Waals surface area contributed by atoms with Crippen molar-refractivity contribution in [3.05, 3.63) is 0 Å². The van der Waals surface area contributed by atoms with E-state index in [0.717, 1.165) is 0 Å². The number of ether oxygens (including phenoxy) is 2. The minimum atomic E-state index is -0.482. The van der Waals surface area contributed by atoms with E-state index in [0.29, 0.717) is 18.8 Å². The van der Waals surface area contributed by atoms with Crippen LogP contribution < -0.4 is 5.32 Å². The molecule has 0 aromatic carbocycles. The summed E-state index contributed by atoms with van der Waals surface area (Å²) in [6, 6.07) is -0.282. The SMILES string of the molecule is COC(=O)[C@@H]1CSC2(CN(C(=O)OC(C)(C)C)C2)N1. The van der Waals surface area contributed by atoms with Crippen molar-refractivity contribution in [1.82, 2.24) is 10.2 Å². The number of nitrogens with zero attached hydrogens (tertiary/aromatic N) is 1. The van der Waals surface area contributed by atoms with Gasteiger partial charge >= 0.3 is 12.1 Å². The number of nitrogens with one attached hydrogen (secondary N) is 1. The van der Waals surface area contributed by atoms with Crippen LogP contribution in [0.3, 0.4) is 0 Å². The van der Waals surface area contributed by atoms with Crippen LogP contribution in [0.2, 0.25) is 0 Å². The van der Waals surface area contributed by atoms with E-state index in [1.807, 2.05) is 20.8 Å². The summed E-state index contributed by atoms with van der Waals surface area (Å²) >= 11 is 1.66. The Kier molecular flexibility index (Phi) is 3.70. The molecular weight excluding hydrogens is 268 g/mol. The molecular formula is C12H20N2O4S. The van der Waals surface area contributed by atoms with Gasteiger partial charge in [0.15, 0.2) is 0 Å². The Morgan fingerprint density at radius 3 is 2.53 bits per heavy atom. The number of carbonyl (C=O) groups excluding carboxylic acids is 2. The Morgan fingerprint density at radius 2 is 2.00 bits per heavy atom. The molecule has 108 valence electrons. The van der Waals surface area contributed by atoms with Gasteiger partial charge in [0.05, 0.1) is 20.2 Å². The van der Waals surface area contributed by atoms with E-state index in [-0.39, 0.29) is 23.0 Å². The number of amides is 1. The van der Waals surface area contributed by atoms with Gasteiger partial charge in [-0.3, -0.25) is 10.1 Å². The fourth-order valence-electron chi connectivity index (χ4n) is 2.12. The van der Waals surface area contributed by atoms with E-state index in [1.165, 1.54) is 7.11 Å². The fourth-order valence-corrected chi connectivity index (χ4v) is 3.55. The average Bonchev–Trinajstić information content (AvgIpc) is 2.68. The van der Waals surface area contributed by atoms with Gasteiger partial charge in [-0.2, -0.15) is 0 Å². The van der Waals surface area contributed by atoms with E-state index in [2.05, 4.69) is 5.32 Å². The van der Waals surface area contributed by atoms with Gasteiger partial charge in [0.25, 0.3) is 0 Å². The standard InChI is InChI=1S/C12H20N2O4S/c1-11(2,3)18-10(16)14-6-12(7-14)13-8(5-19-12)9(15)17-4/h8,13H,5-7H2,1-4H3/t8-/m0/s1. The van der Waals surface area contributed by atoms with Crippen molar-refractivity contribution in [3.8, 4) is 0 Å². The van der Waals surface area contributed by atoms with Gasteiger partial charge in [0.2, 0.25) is 0 Å². The van der Waals surface area contributed by atoms with Crippen molar-refractivity contribution in [2.75, 3.05) is 26.0 Å². The van der Waals surface area contributed by atoms with Crippen LogP contribution in [0, 0.1) is 0 Å². The molecule has 1 amide bonds. The predicted octanol–water partition coefficient (Wildman–Crippen LogP) is 0.811. The monoisotopic (exact) mass is 288 g/mol. The van der Waals surface area contributed by atoms with Gasteiger partial charge in [-0.15, -0.1) is 11.8 Å². The first-order valence-electron chi connectivity index (χ1n) is 6.22. The number of carbonyl (C=O) groups is 2. The van der Waals surface area contributed by atoms with Gasteiger partial charge in [-0.25, -0.2) is 4.79 Å². The summed E-state index contributed by atoms with van der Waals surface area (Å²) in [6.45, 7) is 6.64. The summed E-state index contributed by atoms with van der Waals surface area (Å²) in [6.07, 6.45) is -0.304. The number of hydrogen-bond donors (Lipinski definition) is 1.